The van der Waals surface area contributed by atoms with Crippen molar-refractivity contribution < 1.29 is 0 Å². The molecular formula is C14H22N2S. The van der Waals surface area contributed by atoms with E-state index in [2.05, 4.69) is 24.3 Å². The van der Waals surface area contributed by atoms with Gasteiger partial charge in [0.05, 0.1) is 5.84 Å². The smallest absolute Gasteiger partial charge is 0.0963 e. The zero-order valence-corrected chi connectivity index (χ0v) is 11.5. The molecule has 2 nitrogen and oxygen atoms in total. The Hall–Kier alpha value is -0.960. The number of thioether (sulfide) groups is 1. The van der Waals surface area contributed by atoms with Crippen molar-refractivity contribution in [2.75, 3.05) is 5.75 Å². The highest BCUT2D eigenvalue weighted by atomic mass is 32.2. The molecule has 0 fully saturated rings. The van der Waals surface area contributed by atoms with Gasteiger partial charge in [-0.3, -0.25) is 5.41 Å². The minimum Gasteiger partial charge on any atom is -0.387 e. The van der Waals surface area contributed by atoms with E-state index in [4.69, 9.17) is 11.1 Å². The molecule has 0 heterocycles. The second kappa shape index (κ2) is 6.70. The molecule has 1 aromatic rings. The highest BCUT2D eigenvalue weighted by molar-refractivity contribution is 7.99. The van der Waals surface area contributed by atoms with Gasteiger partial charge in [-0.25, -0.2) is 0 Å². The van der Waals surface area contributed by atoms with Crippen molar-refractivity contribution in [2.45, 2.75) is 38.0 Å². The molecule has 17 heavy (non-hydrogen) atoms. The van der Waals surface area contributed by atoms with E-state index in [0.717, 1.165) is 18.6 Å². The Morgan fingerprint density at radius 3 is 2.47 bits per heavy atom. The van der Waals surface area contributed by atoms with E-state index in [1.54, 1.807) is 0 Å². The maximum atomic E-state index is 7.48. The topological polar surface area (TPSA) is 49.9 Å². The molecule has 3 N–H and O–H groups in total. The SMILES string of the molecule is CC(C)(CCCCSc1ccccc1)C(=N)N. The Bertz CT molecular complexity index is 346. The largest absolute Gasteiger partial charge is 0.387 e. The zero-order chi connectivity index (χ0) is 12.7. The molecule has 0 radical (unpaired) electrons. The normalized spacial score (nSPS) is 11.4. The first-order valence-electron chi connectivity index (χ1n) is 6.05. The van der Waals surface area contributed by atoms with Crippen LogP contribution >= 0.6 is 11.8 Å². The van der Waals surface area contributed by atoms with Crippen LogP contribution in [0.2, 0.25) is 0 Å². The van der Waals surface area contributed by atoms with Gasteiger partial charge < -0.3 is 5.73 Å². The number of hydrogen-bond donors (Lipinski definition) is 2. The predicted molar refractivity (Wildman–Crippen MR) is 76.7 cm³/mol. The molecule has 3 heteroatoms. The molecule has 0 saturated carbocycles. The van der Waals surface area contributed by atoms with Crippen molar-refractivity contribution in [1.82, 2.24) is 0 Å². The summed E-state index contributed by atoms with van der Waals surface area (Å²) in [6.07, 6.45) is 3.31. The Morgan fingerprint density at radius 2 is 1.88 bits per heavy atom. The first-order chi connectivity index (χ1) is 8.02. The van der Waals surface area contributed by atoms with Gasteiger partial charge in [0.15, 0.2) is 0 Å². The fourth-order valence-corrected chi connectivity index (χ4v) is 2.44. The van der Waals surface area contributed by atoms with Crippen molar-refractivity contribution in [3.8, 4) is 0 Å². The lowest BCUT2D eigenvalue weighted by atomic mass is 9.86. The van der Waals surface area contributed by atoms with Crippen molar-refractivity contribution in [3.63, 3.8) is 0 Å². The molecule has 0 aliphatic rings. The summed E-state index contributed by atoms with van der Waals surface area (Å²) in [6, 6.07) is 10.5. The first kappa shape index (κ1) is 14.1. The van der Waals surface area contributed by atoms with E-state index in [-0.39, 0.29) is 5.41 Å². The van der Waals surface area contributed by atoms with Gasteiger partial charge in [0.2, 0.25) is 0 Å². The number of amidine groups is 1. The molecule has 0 amide bonds. The molecule has 0 spiro atoms. The Kier molecular flexibility index (Phi) is 5.56. The second-order valence-corrected chi connectivity index (χ2v) is 6.08. The van der Waals surface area contributed by atoms with Gasteiger partial charge in [0, 0.05) is 10.3 Å². The number of rotatable bonds is 7. The van der Waals surface area contributed by atoms with Gasteiger partial charge in [-0.2, -0.15) is 0 Å². The number of hydrogen-bond acceptors (Lipinski definition) is 2. The average molecular weight is 250 g/mol. The molecule has 94 valence electrons. The first-order valence-corrected chi connectivity index (χ1v) is 7.03. The summed E-state index contributed by atoms with van der Waals surface area (Å²) in [5.41, 5.74) is 5.41. The minimum absolute atomic E-state index is 0.141. The van der Waals surface area contributed by atoms with E-state index in [1.807, 2.05) is 31.7 Å². The van der Waals surface area contributed by atoms with Gasteiger partial charge >= 0.3 is 0 Å². The summed E-state index contributed by atoms with van der Waals surface area (Å²) in [4.78, 5) is 1.33. The average Bonchev–Trinajstić information content (AvgIpc) is 2.29. The lowest BCUT2D eigenvalue weighted by Crippen LogP contribution is -2.30. The van der Waals surface area contributed by atoms with E-state index in [0.29, 0.717) is 5.84 Å². The lowest BCUT2D eigenvalue weighted by molar-refractivity contribution is 0.448. The zero-order valence-electron chi connectivity index (χ0n) is 10.7. The molecule has 0 saturated heterocycles. The van der Waals surface area contributed by atoms with Crippen LogP contribution in [0, 0.1) is 10.8 Å². The lowest BCUT2D eigenvalue weighted by Gasteiger charge is -2.22. The molecule has 1 rings (SSSR count). The molecule has 0 aromatic heterocycles. The quantitative estimate of drug-likeness (QED) is 0.333. The summed E-state index contributed by atoms with van der Waals surface area (Å²) in [5.74, 6) is 1.44. The van der Waals surface area contributed by atoms with Crippen molar-refractivity contribution >= 4 is 17.6 Å². The highest BCUT2D eigenvalue weighted by Gasteiger charge is 2.20. The fourth-order valence-electron chi connectivity index (χ4n) is 1.51. The molecule has 0 unspecified atom stereocenters. The van der Waals surface area contributed by atoms with E-state index >= 15 is 0 Å². The van der Waals surface area contributed by atoms with Crippen LogP contribution < -0.4 is 5.73 Å². The monoisotopic (exact) mass is 250 g/mol. The molecule has 0 aliphatic heterocycles. The summed E-state index contributed by atoms with van der Waals surface area (Å²) < 4.78 is 0. The van der Waals surface area contributed by atoms with Crippen LogP contribution in [-0.4, -0.2) is 11.6 Å². The standard InChI is InChI=1S/C14H22N2S/c1-14(2,13(15)16)10-6-7-11-17-12-8-4-3-5-9-12/h3-5,8-9H,6-7,10-11H2,1-2H3,(H3,15,16). The van der Waals surface area contributed by atoms with Crippen LogP contribution in [0.4, 0.5) is 0 Å². The second-order valence-electron chi connectivity index (χ2n) is 4.92. The van der Waals surface area contributed by atoms with Crippen molar-refractivity contribution in [2.24, 2.45) is 11.1 Å². The number of nitrogens with two attached hydrogens (primary N) is 1. The molecule has 1 aromatic carbocycles. The maximum absolute atomic E-state index is 7.48. The van der Waals surface area contributed by atoms with E-state index < -0.39 is 0 Å². The van der Waals surface area contributed by atoms with E-state index in [9.17, 15) is 0 Å². The summed E-state index contributed by atoms with van der Waals surface area (Å²) in [6.45, 7) is 4.08. The van der Waals surface area contributed by atoms with Crippen LogP contribution in [-0.2, 0) is 0 Å². The van der Waals surface area contributed by atoms with Crippen LogP contribution in [0.15, 0.2) is 35.2 Å². The summed E-state index contributed by atoms with van der Waals surface area (Å²) >= 11 is 1.89. The summed E-state index contributed by atoms with van der Waals surface area (Å²) in [5, 5.41) is 7.48. The third-order valence-corrected chi connectivity index (χ3v) is 4.04. The Morgan fingerprint density at radius 1 is 1.24 bits per heavy atom. The molecule has 0 aliphatic carbocycles. The Balaban J connectivity index is 2.15. The van der Waals surface area contributed by atoms with Crippen LogP contribution in [0.25, 0.3) is 0 Å². The van der Waals surface area contributed by atoms with Crippen molar-refractivity contribution in [1.29, 1.82) is 5.41 Å². The van der Waals surface area contributed by atoms with Gasteiger partial charge in [-0.1, -0.05) is 38.5 Å². The minimum atomic E-state index is -0.141. The van der Waals surface area contributed by atoms with Crippen LogP contribution in [0.5, 0.6) is 0 Å². The fraction of sp³-hybridized carbons (Fsp3) is 0.500. The molecular weight excluding hydrogens is 228 g/mol. The number of unbranched alkanes of at least 4 members (excludes halogenated alkanes) is 1. The van der Waals surface area contributed by atoms with Crippen LogP contribution in [0.1, 0.15) is 33.1 Å². The molecule has 0 atom stereocenters. The van der Waals surface area contributed by atoms with Gasteiger partial charge in [-0.15, -0.1) is 11.8 Å². The van der Waals surface area contributed by atoms with Crippen LogP contribution in [0.3, 0.4) is 0 Å². The third-order valence-electron chi connectivity index (χ3n) is 2.94. The summed E-state index contributed by atoms with van der Waals surface area (Å²) in [7, 11) is 0. The highest BCUT2D eigenvalue weighted by Crippen LogP contribution is 2.24. The van der Waals surface area contributed by atoms with E-state index in [1.165, 1.54) is 11.3 Å². The van der Waals surface area contributed by atoms with Gasteiger partial charge in [0.1, 0.15) is 0 Å². The maximum Gasteiger partial charge on any atom is 0.0963 e. The van der Waals surface area contributed by atoms with Crippen molar-refractivity contribution in [3.05, 3.63) is 30.3 Å². The van der Waals surface area contributed by atoms with Gasteiger partial charge in [-0.05, 0) is 30.7 Å². The Labute approximate surface area is 108 Å². The number of nitrogens with one attached hydrogen (secondary N) is 1. The predicted octanol–water partition coefficient (Wildman–Crippen LogP) is 3.91. The molecule has 0 bridgehead atoms. The third kappa shape index (κ3) is 5.26. The number of benzene rings is 1. The van der Waals surface area contributed by atoms with Gasteiger partial charge in [0.25, 0.3) is 0 Å².